The highest BCUT2D eigenvalue weighted by atomic mass is 17.3. The van der Waals surface area contributed by atoms with E-state index in [-0.39, 0.29) is 85.0 Å². The smallest absolute Gasteiger partial charge is 0.311 e. The lowest BCUT2D eigenvalue weighted by molar-refractivity contribution is -0.576. The van der Waals surface area contributed by atoms with Crippen molar-refractivity contribution in [3.63, 3.8) is 0 Å². The Morgan fingerprint density at radius 3 is 1.41 bits per heavy atom. The molecule has 0 aromatic heterocycles. The van der Waals surface area contributed by atoms with E-state index in [0.717, 1.165) is 83.5 Å². The summed E-state index contributed by atoms with van der Waals surface area (Å²) in [6, 6.07) is 0. The first-order chi connectivity index (χ1) is 41.3. The second-order valence-corrected chi connectivity index (χ2v) is 30.0. The number of rotatable bonds is 5. The molecule has 4 aliphatic carbocycles. The molecule has 20 rings (SSSR count). The van der Waals surface area contributed by atoms with Crippen molar-refractivity contribution in [2.75, 3.05) is 7.11 Å². The van der Waals surface area contributed by atoms with Crippen LogP contribution >= 0.6 is 0 Å². The second kappa shape index (κ2) is 23.3. The third-order valence-corrected chi connectivity index (χ3v) is 25.0. The van der Waals surface area contributed by atoms with Gasteiger partial charge in [0.25, 0.3) is 0 Å². The first-order valence-electron chi connectivity index (χ1n) is 33.3. The fourth-order valence-electron chi connectivity index (χ4n) is 20.0. The largest absolute Gasteiger partial charge is 0.481 e. The normalized spacial score (nSPS) is 55.9. The van der Waals surface area contributed by atoms with E-state index < -0.39 is 83.2 Å². The Hall–Kier alpha value is -2.27. The number of carboxylic acid groups (broad SMARTS) is 1. The Bertz CT molecular complexity index is 2540. The van der Waals surface area contributed by atoms with Crippen molar-refractivity contribution < 1.29 is 111 Å². The number of hydrogen-bond acceptors (Lipinski definition) is 22. The van der Waals surface area contributed by atoms with E-state index in [9.17, 15) is 19.5 Å². The van der Waals surface area contributed by atoms with Crippen LogP contribution in [0.2, 0.25) is 0 Å². The summed E-state index contributed by atoms with van der Waals surface area (Å²) in [5.74, 6) is 0.190. The van der Waals surface area contributed by atoms with E-state index in [4.69, 9.17) is 91.6 Å². The molecule has 0 aromatic carbocycles. The summed E-state index contributed by atoms with van der Waals surface area (Å²) in [6.07, 6.45) is 11.1. The van der Waals surface area contributed by atoms with Crippen LogP contribution < -0.4 is 0 Å². The van der Waals surface area contributed by atoms with Gasteiger partial charge in [-0.05, 0) is 139 Å². The molecule has 2 N–H and O–H groups in total. The van der Waals surface area contributed by atoms with Crippen LogP contribution in [-0.4, -0.2) is 125 Å². The van der Waals surface area contributed by atoms with E-state index >= 15 is 0 Å². The van der Waals surface area contributed by atoms with Crippen molar-refractivity contribution in [2.24, 2.45) is 94.7 Å². The Kier molecular flexibility index (Phi) is 17.0. The maximum Gasteiger partial charge on any atom is 0.311 e. The zero-order valence-electron chi connectivity index (χ0n) is 53.1. The SMILES string of the molecule is CC1CC[C@H]2[C@@H](C)C(=O)OC3OC4(C)CC[C@@H]1C32OO4.CC1CC[C@H]2[C@@H](C)C(O)OC3OC4(C)CC[C@@H]1C32OO4.CC1CC[C@H]2[C@@H](C)[C@H](OC(=O)CCC(=O)O)O[C@@H]3OC4(C)CC[C@@H]1C32OO4.CO[C@H]1OC2OC3CC[C@H]4C(C)CC[C@@H]([C@H]1C)C24OO3. The number of methoxy groups -OCH3 is 1. The number of carbonyl (C=O) groups excluding carboxylic acids is 2. The predicted molar refractivity (Wildman–Crippen MR) is 296 cm³/mol. The van der Waals surface area contributed by atoms with Gasteiger partial charge in [0.15, 0.2) is 60.1 Å². The molecule has 4 saturated carbocycles. The minimum atomic E-state index is -1.03. The fraction of sp³-hybridized carbons (Fsp3) is 0.953. The number of esters is 2. The molecule has 23 heteroatoms. The second-order valence-electron chi connectivity index (χ2n) is 30.0. The van der Waals surface area contributed by atoms with Gasteiger partial charge < -0.3 is 57.6 Å². The molecular formula is C64H98O23. The molecule has 87 heavy (non-hydrogen) atoms. The fourth-order valence-corrected chi connectivity index (χ4v) is 20.0. The average molecular weight is 1240 g/mol. The van der Waals surface area contributed by atoms with Crippen LogP contribution in [0.3, 0.4) is 0 Å². The third-order valence-electron chi connectivity index (χ3n) is 25.0. The van der Waals surface area contributed by atoms with Gasteiger partial charge in [0.2, 0.25) is 29.9 Å². The van der Waals surface area contributed by atoms with Crippen molar-refractivity contribution in [1.29, 1.82) is 0 Å². The number of carboxylic acids is 1. The van der Waals surface area contributed by atoms with Crippen molar-refractivity contribution in [3.05, 3.63) is 0 Å². The minimum absolute atomic E-state index is 0.0379. The summed E-state index contributed by atoms with van der Waals surface area (Å²) < 4.78 is 58.9. The standard InChI is InChI=1S/C19H28O8.C15H24O5.C15H22O5.C15H24O5/c1-10-4-5-13-11(2)16(23-15(22)7-6-14(20)21)24-17-19(13)12(10)8-9-18(3,25-17)26-27-19;2*1-8-4-5-11-9(2)12(16)17-13-15(11)10(8)6-7-14(3,18-13)19-20-15;1-8-4-5-11-9(2)13(16-3)18-14-15(11)10(8)6-7-12(17-14)19-20-15/h10-13,16-17H,4-9H2,1-3H3,(H,20,21);8-13,16H,4-7H2,1-3H3;8-11,13H,4-7H2,1-3H3;8-14H,4-7H2,1-3H3/t10?,11-,12+,13+,16-,17-,18?,19?;8?,9-,10+,11+,12?,13?,14?,15?;8?,9-,10+,11+,13?,14?,15?;8?,9-,10+,11+,12?,13+,14?,15?/m1111/s1. The molecule has 0 radical (unpaired) electrons. The van der Waals surface area contributed by atoms with Gasteiger partial charge in [-0.2, -0.15) is 0 Å². The topological polar surface area (TPSA) is 258 Å². The molecule has 0 aromatic rings. The van der Waals surface area contributed by atoms with E-state index in [1.807, 2.05) is 41.5 Å². The molecule has 8 bridgehead atoms. The summed E-state index contributed by atoms with van der Waals surface area (Å²) in [5.41, 5.74) is -2.30. The van der Waals surface area contributed by atoms with Crippen molar-refractivity contribution in [3.8, 4) is 0 Å². The molecule has 4 spiro atoms. The van der Waals surface area contributed by atoms with Gasteiger partial charge in [0.1, 0.15) is 0 Å². The molecule has 0 amide bonds. The van der Waals surface area contributed by atoms with Crippen LogP contribution in [0.25, 0.3) is 0 Å². The molecule has 20 aliphatic rings. The Labute approximate surface area is 510 Å². The Balaban J connectivity index is 0.000000108. The van der Waals surface area contributed by atoms with Crippen LogP contribution in [0.4, 0.5) is 0 Å². The summed E-state index contributed by atoms with van der Waals surface area (Å²) in [5, 5.41) is 19.0. The van der Waals surface area contributed by atoms with Crippen LogP contribution in [-0.2, 0) is 101 Å². The zero-order valence-corrected chi connectivity index (χ0v) is 53.1. The zero-order chi connectivity index (χ0) is 61.5. The van der Waals surface area contributed by atoms with Gasteiger partial charge in [-0.1, -0.05) is 55.4 Å². The number of aliphatic hydroxyl groups is 1. The minimum Gasteiger partial charge on any atom is -0.481 e. The molecule has 31 atom stereocenters. The average Bonchev–Trinajstić information content (AvgIpc) is 1.75. The van der Waals surface area contributed by atoms with Gasteiger partial charge >= 0.3 is 17.9 Å². The predicted octanol–water partition coefficient (Wildman–Crippen LogP) is 9.63. The van der Waals surface area contributed by atoms with Crippen LogP contribution in [0.15, 0.2) is 0 Å². The van der Waals surface area contributed by atoms with Crippen LogP contribution in [0, 0.1) is 94.7 Å². The maximum atomic E-state index is 12.1. The highest BCUT2D eigenvalue weighted by Gasteiger charge is 2.74. The molecule has 16 saturated heterocycles. The summed E-state index contributed by atoms with van der Waals surface area (Å²) in [7, 11) is 1.70. The van der Waals surface area contributed by atoms with E-state index in [2.05, 4.69) is 34.6 Å². The number of ether oxygens (including phenoxy) is 10. The van der Waals surface area contributed by atoms with Gasteiger partial charge in [-0.15, -0.1) is 0 Å². The molecule has 23 nitrogen and oxygen atoms in total. The van der Waals surface area contributed by atoms with Gasteiger partial charge in [-0.25, -0.2) is 39.1 Å². The highest BCUT2D eigenvalue weighted by Crippen LogP contribution is 2.65. The number of hydrogen-bond donors (Lipinski definition) is 2. The lowest BCUT2D eigenvalue weighted by atomic mass is 9.58. The number of carbonyl (C=O) groups is 3. The van der Waals surface area contributed by atoms with E-state index in [1.54, 1.807) is 7.11 Å². The van der Waals surface area contributed by atoms with Gasteiger partial charge in [-0.3, -0.25) is 14.4 Å². The number of aliphatic hydroxyl groups excluding tert-OH is 1. The highest BCUT2D eigenvalue weighted by molar-refractivity contribution is 5.76. The molecular weight excluding hydrogens is 1140 g/mol. The lowest BCUT2D eigenvalue weighted by Gasteiger charge is -2.59. The van der Waals surface area contributed by atoms with Crippen LogP contribution in [0.1, 0.15) is 192 Å². The number of fused-ring (bicyclic) bond motifs is 8. The van der Waals surface area contributed by atoms with Crippen molar-refractivity contribution >= 4 is 17.9 Å². The van der Waals surface area contributed by atoms with Gasteiger partial charge in [0.05, 0.1) is 18.8 Å². The van der Waals surface area contributed by atoms with Gasteiger partial charge in [0, 0.05) is 80.1 Å². The van der Waals surface area contributed by atoms with Crippen molar-refractivity contribution in [1.82, 2.24) is 0 Å². The summed E-state index contributed by atoms with van der Waals surface area (Å²) >= 11 is 0. The maximum absolute atomic E-state index is 12.1. The molecule has 492 valence electrons. The quantitative estimate of drug-likeness (QED) is 0.192. The Morgan fingerprint density at radius 1 is 0.471 bits per heavy atom. The van der Waals surface area contributed by atoms with E-state index in [0.29, 0.717) is 53.8 Å². The molecule has 16 unspecified atom stereocenters. The lowest BCUT2D eigenvalue weighted by Crippen LogP contribution is -2.70. The Morgan fingerprint density at radius 2 is 0.897 bits per heavy atom. The number of aliphatic carboxylic acids is 1. The summed E-state index contributed by atoms with van der Waals surface area (Å²) in [6.45, 7) is 22.9. The summed E-state index contributed by atoms with van der Waals surface area (Å²) in [4.78, 5) is 81.3. The molecule has 20 fully saturated rings. The van der Waals surface area contributed by atoms with Crippen LogP contribution in [0.5, 0.6) is 0 Å². The first kappa shape index (κ1) is 63.5. The monoisotopic (exact) mass is 1230 g/mol. The molecule has 16 aliphatic heterocycles. The van der Waals surface area contributed by atoms with E-state index in [1.165, 1.54) is 12.8 Å². The molecule has 16 heterocycles. The van der Waals surface area contributed by atoms with Crippen molar-refractivity contribution in [2.45, 2.75) is 282 Å². The first-order valence-corrected chi connectivity index (χ1v) is 33.3. The third kappa shape index (κ3) is 10.2.